The van der Waals surface area contributed by atoms with E-state index in [4.69, 9.17) is 11.6 Å². The molecule has 0 saturated carbocycles. The van der Waals surface area contributed by atoms with Crippen LogP contribution in [-0.2, 0) is 17.9 Å². The summed E-state index contributed by atoms with van der Waals surface area (Å²) >= 11 is 6.11. The maximum absolute atomic E-state index is 12.1. The topological polar surface area (TPSA) is 32.3 Å². The standard InChI is InChI=1S/C21H21ClN2O/c1-24(14-16-10-11-17-6-2-3-7-18(17)12-16)15-21(25)23-13-19-8-4-5-9-20(19)22/h2-12H,13-15H2,1H3,(H,23,25). The lowest BCUT2D eigenvalue weighted by molar-refractivity contribution is -0.122. The van der Waals surface area contributed by atoms with Crippen molar-refractivity contribution in [2.75, 3.05) is 13.6 Å². The maximum Gasteiger partial charge on any atom is 0.234 e. The van der Waals surface area contributed by atoms with Crippen molar-refractivity contribution in [3.05, 3.63) is 82.9 Å². The van der Waals surface area contributed by atoms with Crippen LogP contribution in [0.2, 0.25) is 5.02 Å². The molecule has 1 N–H and O–H groups in total. The summed E-state index contributed by atoms with van der Waals surface area (Å²) in [5.74, 6) is -0.0109. The summed E-state index contributed by atoms with van der Waals surface area (Å²) in [6, 6.07) is 22.2. The van der Waals surface area contributed by atoms with Crippen molar-refractivity contribution in [2.24, 2.45) is 0 Å². The average molecular weight is 353 g/mol. The van der Waals surface area contributed by atoms with Gasteiger partial charge >= 0.3 is 0 Å². The number of likely N-dealkylation sites (N-methyl/N-ethyl adjacent to an activating group) is 1. The molecule has 0 aliphatic heterocycles. The Balaban J connectivity index is 1.53. The zero-order chi connectivity index (χ0) is 17.6. The van der Waals surface area contributed by atoms with E-state index in [0.29, 0.717) is 18.1 Å². The van der Waals surface area contributed by atoms with E-state index < -0.39 is 0 Å². The molecule has 0 saturated heterocycles. The first-order chi connectivity index (χ1) is 12.1. The van der Waals surface area contributed by atoms with Gasteiger partial charge in [-0.3, -0.25) is 9.69 Å². The molecular weight excluding hydrogens is 332 g/mol. The Morgan fingerprint density at radius 3 is 2.52 bits per heavy atom. The number of benzene rings is 3. The Hall–Kier alpha value is -2.36. The highest BCUT2D eigenvalue weighted by atomic mass is 35.5. The van der Waals surface area contributed by atoms with Crippen molar-refractivity contribution in [3.8, 4) is 0 Å². The van der Waals surface area contributed by atoms with Crippen LogP contribution in [0.4, 0.5) is 0 Å². The molecule has 0 aliphatic rings. The van der Waals surface area contributed by atoms with Crippen LogP contribution in [-0.4, -0.2) is 24.4 Å². The minimum absolute atomic E-state index is 0.0109. The number of amides is 1. The van der Waals surface area contributed by atoms with E-state index in [9.17, 15) is 4.79 Å². The molecule has 1 amide bonds. The third-order valence-corrected chi connectivity index (χ3v) is 4.48. The van der Waals surface area contributed by atoms with Gasteiger partial charge in [0.05, 0.1) is 6.54 Å². The van der Waals surface area contributed by atoms with Crippen LogP contribution in [0.5, 0.6) is 0 Å². The van der Waals surface area contributed by atoms with Gasteiger partial charge in [-0.2, -0.15) is 0 Å². The summed E-state index contributed by atoms with van der Waals surface area (Å²) in [5.41, 5.74) is 2.12. The smallest absolute Gasteiger partial charge is 0.234 e. The van der Waals surface area contributed by atoms with Gasteiger partial charge in [-0.05, 0) is 41.1 Å². The largest absolute Gasteiger partial charge is 0.351 e. The lowest BCUT2D eigenvalue weighted by Gasteiger charge is -2.17. The van der Waals surface area contributed by atoms with Gasteiger partial charge in [0, 0.05) is 18.1 Å². The second kappa shape index (κ2) is 8.15. The molecule has 3 nitrogen and oxygen atoms in total. The molecule has 0 radical (unpaired) electrons. The molecule has 3 rings (SSSR count). The Kier molecular flexibility index (Phi) is 5.69. The van der Waals surface area contributed by atoms with Crippen molar-refractivity contribution in [1.29, 1.82) is 0 Å². The molecule has 0 spiro atoms. The van der Waals surface area contributed by atoms with Crippen LogP contribution in [0, 0.1) is 0 Å². The van der Waals surface area contributed by atoms with Crippen molar-refractivity contribution in [1.82, 2.24) is 10.2 Å². The van der Waals surface area contributed by atoms with E-state index in [1.54, 1.807) is 0 Å². The molecule has 25 heavy (non-hydrogen) atoms. The van der Waals surface area contributed by atoms with Crippen molar-refractivity contribution < 1.29 is 4.79 Å². The first kappa shape index (κ1) is 17.5. The van der Waals surface area contributed by atoms with Crippen LogP contribution < -0.4 is 5.32 Å². The van der Waals surface area contributed by atoms with E-state index in [1.165, 1.54) is 16.3 Å². The fourth-order valence-corrected chi connectivity index (χ4v) is 3.04. The highest BCUT2D eigenvalue weighted by Crippen LogP contribution is 2.17. The fraction of sp³-hybridized carbons (Fsp3) is 0.190. The van der Waals surface area contributed by atoms with Gasteiger partial charge in [0.2, 0.25) is 5.91 Å². The molecule has 0 fully saturated rings. The van der Waals surface area contributed by atoms with E-state index in [1.807, 2.05) is 48.3 Å². The summed E-state index contributed by atoms with van der Waals surface area (Å²) in [7, 11) is 1.95. The number of halogens is 1. The molecule has 0 atom stereocenters. The summed E-state index contributed by atoms with van der Waals surface area (Å²) in [4.78, 5) is 14.2. The van der Waals surface area contributed by atoms with Gasteiger partial charge in [0.1, 0.15) is 0 Å². The summed E-state index contributed by atoms with van der Waals surface area (Å²) in [6.45, 7) is 1.52. The van der Waals surface area contributed by atoms with Gasteiger partial charge in [0.15, 0.2) is 0 Å². The zero-order valence-electron chi connectivity index (χ0n) is 14.2. The number of rotatable bonds is 6. The molecule has 0 unspecified atom stereocenters. The molecule has 3 aromatic rings. The van der Waals surface area contributed by atoms with Crippen LogP contribution in [0.25, 0.3) is 10.8 Å². The Morgan fingerprint density at radius 1 is 1.00 bits per heavy atom. The number of hydrogen-bond acceptors (Lipinski definition) is 2. The molecule has 0 heterocycles. The number of nitrogens with one attached hydrogen (secondary N) is 1. The zero-order valence-corrected chi connectivity index (χ0v) is 15.0. The molecule has 128 valence electrons. The van der Waals surface area contributed by atoms with Gasteiger partial charge in [-0.15, -0.1) is 0 Å². The first-order valence-electron chi connectivity index (χ1n) is 8.28. The van der Waals surface area contributed by atoms with E-state index in [2.05, 4.69) is 35.6 Å². The predicted molar refractivity (Wildman–Crippen MR) is 104 cm³/mol. The van der Waals surface area contributed by atoms with Gasteiger partial charge in [-0.25, -0.2) is 0 Å². The van der Waals surface area contributed by atoms with Gasteiger partial charge in [0.25, 0.3) is 0 Å². The minimum Gasteiger partial charge on any atom is -0.351 e. The van der Waals surface area contributed by atoms with E-state index in [0.717, 1.165) is 12.1 Å². The van der Waals surface area contributed by atoms with E-state index in [-0.39, 0.29) is 5.91 Å². The second-order valence-corrected chi connectivity index (χ2v) is 6.63. The number of hydrogen-bond donors (Lipinski definition) is 1. The molecule has 4 heteroatoms. The fourth-order valence-electron chi connectivity index (χ4n) is 2.84. The molecule has 0 aromatic heterocycles. The highest BCUT2D eigenvalue weighted by molar-refractivity contribution is 6.31. The Labute approximate surface area is 153 Å². The van der Waals surface area contributed by atoms with Crippen LogP contribution >= 0.6 is 11.6 Å². The number of fused-ring (bicyclic) bond motifs is 1. The third-order valence-electron chi connectivity index (χ3n) is 4.11. The number of carbonyl (C=O) groups is 1. The van der Waals surface area contributed by atoms with Crippen molar-refractivity contribution in [3.63, 3.8) is 0 Å². The van der Waals surface area contributed by atoms with E-state index >= 15 is 0 Å². The minimum atomic E-state index is -0.0109. The molecule has 3 aromatic carbocycles. The Morgan fingerprint density at radius 2 is 1.72 bits per heavy atom. The lowest BCUT2D eigenvalue weighted by atomic mass is 10.1. The average Bonchev–Trinajstić information content (AvgIpc) is 2.61. The summed E-state index contributed by atoms with van der Waals surface area (Å²) < 4.78 is 0. The second-order valence-electron chi connectivity index (χ2n) is 6.22. The summed E-state index contributed by atoms with van der Waals surface area (Å²) in [5, 5.41) is 6.04. The lowest BCUT2D eigenvalue weighted by Crippen LogP contribution is -2.34. The van der Waals surface area contributed by atoms with Crippen molar-refractivity contribution in [2.45, 2.75) is 13.1 Å². The molecular formula is C21H21ClN2O. The first-order valence-corrected chi connectivity index (χ1v) is 8.66. The predicted octanol–water partition coefficient (Wildman–Crippen LogP) is 4.24. The summed E-state index contributed by atoms with van der Waals surface area (Å²) in [6.07, 6.45) is 0. The third kappa shape index (κ3) is 4.81. The number of carbonyl (C=O) groups excluding carboxylic acids is 1. The normalized spacial score (nSPS) is 11.0. The quantitative estimate of drug-likeness (QED) is 0.719. The molecule has 0 aliphatic carbocycles. The van der Waals surface area contributed by atoms with Crippen LogP contribution in [0.15, 0.2) is 66.7 Å². The SMILES string of the molecule is CN(CC(=O)NCc1ccccc1Cl)Cc1ccc2ccccc2c1. The van der Waals surface area contributed by atoms with Gasteiger partial charge < -0.3 is 5.32 Å². The Bertz CT molecular complexity index is 878. The van der Waals surface area contributed by atoms with Gasteiger partial charge in [-0.1, -0.05) is 66.2 Å². The van der Waals surface area contributed by atoms with Crippen LogP contribution in [0.1, 0.15) is 11.1 Å². The molecule has 0 bridgehead atoms. The van der Waals surface area contributed by atoms with Crippen molar-refractivity contribution >= 4 is 28.3 Å². The maximum atomic E-state index is 12.1. The monoisotopic (exact) mass is 352 g/mol. The van der Waals surface area contributed by atoms with Crippen LogP contribution in [0.3, 0.4) is 0 Å². The number of nitrogens with zero attached hydrogens (tertiary/aromatic N) is 1. The highest BCUT2D eigenvalue weighted by Gasteiger charge is 2.08.